The van der Waals surface area contributed by atoms with E-state index < -0.39 is 11.1 Å². The Kier molecular flexibility index (Phi) is 2.32. The van der Waals surface area contributed by atoms with Crippen LogP contribution in [0.25, 0.3) is 5.84 Å². The summed E-state index contributed by atoms with van der Waals surface area (Å²) in [7, 11) is 0. The Morgan fingerprint density at radius 2 is 2.17 bits per heavy atom. The Bertz CT molecular complexity index is 436. The third-order valence-electron chi connectivity index (χ3n) is 4.74. The maximum Gasteiger partial charge on any atom is 0.379 e. The summed E-state index contributed by atoms with van der Waals surface area (Å²) >= 11 is 0. The van der Waals surface area contributed by atoms with Crippen molar-refractivity contribution in [3.05, 3.63) is 5.84 Å². The number of hydrogen-bond acceptors (Lipinski definition) is 2. The van der Waals surface area contributed by atoms with Crippen LogP contribution >= 0.6 is 0 Å². The van der Waals surface area contributed by atoms with Gasteiger partial charge in [-0.15, -0.1) is 0 Å². The molecular weight excluding hydrogens is 228 g/mol. The molecule has 3 atom stereocenters. The molecule has 0 amide bonds. The highest BCUT2D eigenvalue weighted by Gasteiger charge is 2.67. The second-order valence-electron chi connectivity index (χ2n) is 6.99. The monoisotopic (exact) mass is 250 g/mol. The molecule has 1 N–H and O–H groups in total. The molecule has 4 nitrogen and oxygen atoms in total. The van der Waals surface area contributed by atoms with Crippen LogP contribution in [0.3, 0.4) is 0 Å². The van der Waals surface area contributed by atoms with Crippen molar-refractivity contribution in [3.8, 4) is 0 Å². The van der Waals surface area contributed by atoms with Crippen LogP contribution in [0.1, 0.15) is 52.9 Å². The van der Waals surface area contributed by atoms with Gasteiger partial charge in [0.05, 0.1) is 0 Å². The van der Waals surface area contributed by atoms with Gasteiger partial charge in [0, 0.05) is 25.2 Å². The fourth-order valence-corrected chi connectivity index (χ4v) is 4.08. The van der Waals surface area contributed by atoms with Crippen LogP contribution in [0.15, 0.2) is 0 Å². The first kappa shape index (κ1) is 12.0. The van der Waals surface area contributed by atoms with Crippen molar-refractivity contribution in [2.75, 3.05) is 0 Å². The van der Waals surface area contributed by atoms with Crippen LogP contribution in [-0.4, -0.2) is 27.5 Å². The molecule has 4 heteroatoms. The summed E-state index contributed by atoms with van der Waals surface area (Å²) in [5.74, 6) is 9.05. The molecule has 2 saturated carbocycles. The second-order valence-corrected chi connectivity index (χ2v) is 6.99. The number of esters is 1. The molecule has 100 valence electrons. The zero-order valence-electron chi connectivity index (χ0n) is 11.5. The lowest BCUT2D eigenvalue weighted by Gasteiger charge is -2.41. The van der Waals surface area contributed by atoms with Crippen LogP contribution in [0, 0.1) is 11.8 Å². The van der Waals surface area contributed by atoms with E-state index in [1.807, 2.05) is 20.8 Å². The highest BCUT2D eigenvalue weighted by atomic mass is 16.6. The molecule has 2 bridgehead atoms. The number of nitrogens with one attached hydrogen (secondary N) is 1. The number of rotatable bonds is 1. The van der Waals surface area contributed by atoms with E-state index in [9.17, 15) is 4.79 Å². The normalized spacial score (nSPS) is 38.2. The van der Waals surface area contributed by atoms with Gasteiger partial charge in [-0.25, -0.2) is 4.79 Å². The fraction of sp³-hybridized carbons (Fsp3) is 0.857. The molecule has 3 rings (SSSR count). The number of carbonyl (C=O) groups is 1. The third kappa shape index (κ3) is 1.44. The average Bonchev–Trinajstić information content (AvgIpc) is 2.77. The zero-order chi connectivity index (χ0) is 13.1. The van der Waals surface area contributed by atoms with E-state index in [1.165, 1.54) is 11.1 Å². The molecule has 18 heavy (non-hydrogen) atoms. The van der Waals surface area contributed by atoms with Crippen molar-refractivity contribution < 1.29 is 14.2 Å². The lowest BCUT2D eigenvalue weighted by atomic mass is 9.68. The van der Waals surface area contributed by atoms with Crippen molar-refractivity contribution in [1.82, 2.24) is 0 Å². The minimum absolute atomic E-state index is 0.172. The Morgan fingerprint density at radius 3 is 2.78 bits per heavy atom. The first-order chi connectivity index (χ1) is 8.34. The van der Waals surface area contributed by atoms with E-state index in [0.29, 0.717) is 11.8 Å². The van der Waals surface area contributed by atoms with Gasteiger partial charge < -0.3 is 10.6 Å². The standard InChI is InChI=1S/C14H22N2O2/c1-13(2,3)18-12(17)14-6-4-5-9-7-10(16(14)15)8-11(9)14/h9,11,15H,4-8H2,1-3H3/t9?,11?,14-/m0/s1. The summed E-state index contributed by atoms with van der Waals surface area (Å²) in [6.07, 6.45) is 5.01. The predicted octanol–water partition coefficient (Wildman–Crippen LogP) is 2.71. The maximum absolute atomic E-state index is 12.6. The van der Waals surface area contributed by atoms with E-state index in [0.717, 1.165) is 31.4 Å². The summed E-state index contributed by atoms with van der Waals surface area (Å²) in [6.45, 7) is 5.70. The largest absolute Gasteiger partial charge is 0.455 e. The SMILES string of the molecule is CC(C)(C)OC(=O)[C@@]12CCCC3CC(=[N+]1[NH-])CC32. The summed E-state index contributed by atoms with van der Waals surface area (Å²) in [5, 5.41) is 0. The molecule has 0 saturated heterocycles. The Balaban J connectivity index is 1.96. The predicted molar refractivity (Wildman–Crippen MR) is 68.2 cm³/mol. The van der Waals surface area contributed by atoms with Crippen molar-refractivity contribution in [3.63, 3.8) is 0 Å². The zero-order valence-corrected chi connectivity index (χ0v) is 11.5. The highest BCUT2D eigenvalue weighted by Crippen LogP contribution is 2.53. The molecule has 2 aliphatic carbocycles. The van der Waals surface area contributed by atoms with Gasteiger partial charge in [-0.1, -0.05) is 0 Å². The lowest BCUT2D eigenvalue weighted by molar-refractivity contribution is -0.548. The number of ether oxygens (including phenoxy) is 1. The van der Waals surface area contributed by atoms with Crippen LogP contribution < -0.4 is 0 Å². The van der Waals surface area contributed by atoms with Gasteiger partial charge in [0.25, 0.3) is 5.54 Å². The second kappa shape index (κ2) is 3.49. The van der Waals surface area contributed by atoms with Crippen LogP contribution in [0.2, 0.25) is 0 Å². The average molecular weight is 250 g/mol. The Hall–Kier alpha value is -1.06. The molecule has 0 aromatic rings. The number of hydrogen-bond donors (Lipinski definition) is 0. The van der Waals surface area contributed by atoms with E-state index >= 15 is 0 Å². The molecule has 0 radical (unpaired) electrons. The first-order valence-corrected chi connectivity index (χ1v) is 6.94. The molecule has 2 fully saturated rings. The number of carbonyl (C=O) groups excluding carboxylic acids is 1. The van der Waals surface area contributed by atoms with Crippen molar-refractivity contribution in [2.45, 2.75) is 64.0 Å². The minimum Gasteiger partial charge on any atom is -0.455 e. The van der Waals surface area contributed by atoms with Crippen molar-refractivity contribution in [1.29, 1.82) is 0 Å². The molecule has 0 aromatic heterocycles. The van der Waals surface area contributed by atoms with E-state index in [1.54, 1.807) is 0 Å². The Morgan fingerprint density at radius 1 is 1.44 bits per heavy atom. The first-order valence-electron chi connectivity index (χ1n) is 6.94. The van der Waals surface area contributed by atoms with E-state index in [-0.39, 0.29) is 5.97 Å². The number of fused-ring (bicyclic) bond motifs is 1. The number of nitrogens with zero attached hydrogens (tertiary/aromatic N) is 1. The maximum atomic E-state index is 12.6. The summed E-state index contributed by atoms with van der Waals surface area (Å²) in [5.41, 5.74) is 0.0196. The summed E-state index contributed by atoms with van der Waals surface area (Å²) < 4.78 is 7.12. The third-order valence-corrected chi connectivity index (χ3v) is 4.74. The Labute approximate surface area is 108 Å². The van der Waals surface area contributed by atoms with Gasteiger partial charge in [-0.05, 0) is 39.5 Å². The molecule has 2 unspecified atom stereocenters. The van der Waals surface area contributed by atoms with Crippen molar-refractivity contribution in [2.24, 2.45) is 11.8 Å². The van der Waals surface area contributed by atoms with Crippen LogP contribution in [0.5, 0.6) is 0 Å². The van der Waals surface area contributed by atoms with Crippen LogP contribution in [-0.2, 0) is 9.53 Å². The van der Waals surface area contributed by atoms with Crippen LogP contribution in [0.4, 0.5) is 0 Å². The molecular formula is C14H22N2O2. The quantitative estimate of drug-likeness (QED) is 0.530. The lowest BCUT2D eigenvalue weighted by Crippen LogP contribution is -2.57. The van der Waals surface area contributed by atoms with Gasteiger partial charge in [0.2, 0.25) is 0 Å². The minimum atomic E-state index is -0.663. The summed E-state index contributed by atoms with van der Waals surface area (Å²) in [4.78, 5) is 12.6. The fourth-order valence-electron chi connectivity index (χ4n) is 4.08. The highest BCUT2D eigenvalue weighted by molar-refractivity contribution is 5.91. The smallest absolute Gasteiger partial charge is 0.379 e. The van der Waals surface area contributed by atoms with Gasteiger partial charge in [-0.3, -0.25) is 4.68 Å². The van der Waals surface area contributed by atoms with Crippen molar-refractivity contribution >= 4 is 11.7 Å². The van der Waals surface area contributed by atoms with E-state index in [2.05, 4.69) is 0 Å². The van der Waals surface area contributed by atoms with Gasteiger partial charge >= 0.3 is 5.97 Å². The van der Waals surface area contributed by atoms with E-state index in [4.69, 9.17) is 10.6 Å². The molecule has 0 aromatic carbocycles. The molecule has 0 spiro atoms. The van der Waals surface area contributed by atoms with Gasteiger partial charge in [0.1, 0.15) is 11.3 Å². The molecule has 1 heterocycles. The summed E-state index contributed by atoms with van der Waals surface area (Å²) in [6, 6.07) is 0. The topological polar surface area (TPSA) is 53.1 Å². The molecule has 1 aliphatic heterocycles. The molecule has 3 aliphatic rings. The van der Waals surface area contributed by atoms with Gasteiger partial charge in [-0.2, -0.15) is 0 Å². The van der Waals surface area contributed by atoms with Gasteiger partial charge in [0.15, 0.2) is 0 Å².